The molecule has 1 fully saturated rings. The molecule has 2 rings (SSSR count). The first-order chi connectivity index (χ1) is 9.45. The molecule has 5 nitrogen and oxygen atoms in total. The molecule has 0 bridgehead atoms. The van der Waals surface area contributed by atoms with Gasteiger partial charge < -0.3 is 15.2 Å². The van der Waals surface area contributed by atoms with Crippen LogP contribution in [0.5, 0.6) is 5.75 Å². The first kappa shape index (κ1) is 14.4. The molecule has 1 aliphatic rings. The number of amides is 1. The second kappa shape index (κ2) is 5.53. The first-order valence-corrected chi connectivity index (χ1v) is 6.63. The zero-order chi connectivity index (χ0) is 14.8. The Labute approximate surface area is 117 Å². The molecule has 1 atom stereocenters. The second-order valence-electron chi connectivity index (χ2n) is 5.41. The molecular weight excluding hydrogens is 258 g/mol. The highest BCUT2D eigenvalue weighted by Crippen LogP contribution is 2.27. The van der Waals surface area contributed by atoms with Gasteiger partial charge in [-0.05, 0) is 43.9 Å². The fourth-order valence-corrected chi connectivity index (χ4v) is 1.98. The molecule has 20 heavy (non-hydrogen) atoms. The third-order valence-corrected chi connectivity index (χ3v) is 3.60. The summed E-state index contributed by atoms with van der Waals surface area (Å²) in [7, 11) is 1.57. The molecule has 5 heteroatoms. The Hall–Kier alpha value is -2.04. The van der Waals surface area contributed by atoms with Gasteiger partial charge in [0, 0.05) is 6.04 Å². The van der Waals surface area contributed by atoms with Crippen LogP contribution >= 0.6 is 0 Å². The monoisotopic (exact) mass is 277 g/mol. The van der Waals surface area contributed by atoms with Crippen molar-refractivity contribution in [2.75, 3.05) is 7.11 Å². The summed E-state index contributed by atoms with van der Waals surface area (Å²) in [5.74, 6) is -0.817. The van der Waals surface area contributed by atoms with Crippen molar-refractivity contribution in [3.63, 3.8) is 0 Å². The molecule has 1 saturated carbocycles. The van der Waals surface area contributed by atoms with Crippen LogP contribution in [0.15, 0.2) is 24.3 Å². The van der Waals surface area contributed by atoms with Gasteiger partial charge in [-0.2, -0.15) is 0 Å². The molecule has 1 amide bonds. The van der Waals surface area contributed by atoms with E-state index in [1.54, 1.807) is 31.4 Å². The number of carboxylic acid groups (broad SMARTS) is 1. The van der Waals surface area contributed by atoms with Crippen molar-refractivity contribution in [1.29, 1.82) is 0 Å². The summed E-state index contributed by atoms with van der Waals surface area (Å²) in [5, 5.41) is 12.2. The number of carbonyl (C=O) groups is 2. The molecule has 0 heterocycles. The van der Waals surface area contributed by atoms with Crippen molar-refractivity contribution in [2.45, 2.75) is 32.2 Å². The Kier molecular flexibility index (Phi) is 3.97. The van der Waals surface area contributed by atoms with E-state index in [1.165, 1.54) is 6.92 Å². The number of ether oxygens (including phenoxy) is 1. The smallest absolute Gasteiger partial charge is 0.319 e. The number of aliphatic carboxylic acids is 1. The van der Waals surface area contributed by atoms with E-state index in [4.69, 9.17) is 4.74 Å². The quantitative estimate of drug-likeness (QED) is 0.775. The van der Waals surface area contributed by atoms with Crippen molar-refractivity contribution in [3.05, 3.63) is 29.8 Å². The zero-order valence-corrected chi connectivity index (χ0v) is 11.7. The average Bonchev–Trinajstić information content (AvgIpc) is 3.23. The minimum Gasteiger partial charge on any atom is -0.497 e. The van der Waals surface area contributed by atoms with E-state index in [0.29, 0.717) is 5.75 Å². The highest BCUT2D eigenvalue weighted by atomic mass is 16.5. The fourth-order valence-electron chi connectivity index (χ4n) is 1.98. The van der Waals surface area contributed by atoms with E-state index in [-0.39, 0.29) is 12.5 Å². The lowest BCUT2D eigenvalue weighted by molar-refractivity contribution is -0.154. The van der Waals surface area contributed by atoms with Crippen LogP contribution in [0.2, 0.25) is 0 Å². The SMILES string of the molecule is COc1ccc(CC(C)(C(=O)O)C(=O)NC2CC2)cc1. The van der Waals surface area contributed by atoms with E-state index in [0.717, 1.165) is 18.4 Å². The molecule has 0 saturated heterocycles. The number of hydrogen-bond acceptors (Lipinski definition) is 3. The zero-order valence-electron chi connectivity index (χ0n) is 11.7. The molecule has 0 spiro atoms. The van der Waals surface area contributed by atoms with Crippen molar-refractivity contribution >= 4 is 11.9 Å². The number of rotatable bonds is 6. The number of carbonyl (C=O) groups excluding carboxylic acids is 1. The maximum absolute atomic E-state index is 12.2. The second-order valence-corrected chi connectivity index (χ2v) is 5.41. The van der Waals surface area contributed by atoms with Gasteiger partial charge in [0.25, 0.3) is 0 Å². The Bertz CT molecular complexity index is 507. The summed E-state index contributed by atoms with van der Waals surface area (Å²) in [6.45, 7) is 1.47. The third kappa shape index (κ3) is 3.10. The maximum atomic E-state index is 12.2. The largest absolute Gasteiger partial charge is 0.497 e. The van der Waals surface area contributed by atoms with Crippen molar-refractivity contribution < 1.29 is 19.4 Å². The van der Waals surface area contributed by atoms with Crippen LogP contribution in [-0.2, 0) is 16.0 Å². The minimum absolute atomic E-state index is 0.150. The Balaban J connectivity index is 2.14. The summed E-state index contributed by atoms with van der Waals surface area (Å²) in [6.07, 6.45) is 2.03. The molecule has 0 aromatic heterocycles. The summed E-state index contributed by atoms with van der Waals surface area (Å²) in [6, 6.07) is 7.24. The van der Waals surface area contributed by atoms with Crippen LogP contribution in [0.1, 0.15) is 25.3 Å². The Morgan fingerprint density at radius 1 is 1.35 bits per heavy atom. The van der Waals surface area contributed by atoms with Gasteiger partial charge in [-0.15, -0.1) is 0 Å². The van der Waals surface area contributed by atoms with Gasteiger partial charge in [0.05, 0.1) is 7.11 Å². The standard InChI is InChI=1S/C15H19NO4/c1-15(14(18)19,13(17)16-11-5-6-11)9-10-3-7-12(20-2)8-4-10/h3-4,7-8,11H,5-6,9H2,1-2H3,(H,16,17)(H,18,19). The van der Waals surface area contributed by atoms with Gasteiger partial charge in [0.1, 0.15) is 11.2 Å². The van der Waals surface area contributed by atoms with Crippen LogP contribution < -0.4 is 10.1 Å². The van der Waals surface area contributed by atoms with Gasteiger partial charge in [-0.25, -0.2) is 0 Å². The maximum Gasteiger partial charge on any atom is 0.319 e. The van der Waals surface area contributed by atoms with Gasteiger partial charge in [-0.3, -0.25) is 9.59 Å². The predicted octanol–water partition coefficient (Wildman–Crippen LogP) is 1.61. The van der Waals surface area contributed by atoms with Crippen LogP contribution in [0.4, 0.5) is 0 Å². The van der Waals surface area contributed by atoms with E-state index in [2.05, 4.69) is 5.32 Å². The first-order valence-electron chi connectivity index (χ1n) is 6.63. The summed E-state index contributed by atoms with van der Waals surface area (Å²) in [4.78, 5) is 23.7. The van der Waals surface area contributed by atoms with Crippen LogP contribution in [-0.4, -0.2) is 30.1 Å². The molecule has 1 aromatic carbocycles. The van der Waals surface area contributed by atoms with Gasteiger partial charge in [0.15, 0.2) is 0 Å². The number of benzene rings is 1. The predicted molar refractivity (Wildman–Crippen MR) is 73.6 cm³/mol. The van der Waals surface area contributed by atoms with E-state index < -0.39 is 17.3 Å². The highest BCUT2D eigenvalue weighted by Gasteiger charge is 2.43. The third-order valence-electron chi connectivity index (χ3n) is 3.60. The molecule has 0 radical (unpaired) electrons. The van der Waals surface area contributed by atoms with Gasteiger partial charge in [0.2, 0.25) is 5.91 Å². The van der Waals surface area contributed by atoms with E-state index in [1.807, 2.05) is 0 Å². The normalized spacial score (nSPS) is 17.1. The Morgan fingerprint density at radius 3 is 2.40 bits per heavy atom. The van der Waals surface area contributed by atoms with Crippen molar-refractivity contribution in [2.24, 2.45) is 5.41 Å². The summed E-state index contributed by atoms with van der Waals surface area (Å²) >= 11 is 0. The van der Waals surface area contributed by atoms with Crippen LogP contribution in [0, 0.1) is 5.41 Å². The molecular formula is C15H19NO4. The van der Waals surface area contributed by atoms with Gasteiger partial charge in [-0.1, -0.05) is 12.1 Å². The topological polar surface area (TPSA) is 75.6 Å². The lowest BCUT2D eigenvalue weighted by Crippen LogP contribution is -2.46. The van der Waals surface area contributed by atoms with E-state index >= 15 is 0 Å². The van der Waals surface area contributed by atoms with Crippen LogP contribution in [0.25, 0.3) is 0 Å². The molecule has 1 unspecified atom stereocenters. The molecule has 108 valence electrons. The minimum atomic E-state index is -1.45. The van der Waals surface area contributed by atoms with Gasteiger partial charge >= 0.3 is 5.97 Å². The summed E-state index contributed by atoms with van der Waals surface area (Å²) < 4.78 is 5.06. The number of nitrogens with one attached hydrogen (secondary N) is 1. The fraction of sp³-hybridized carbons (Fsp3) is 0.467. The number of carboxylic acids is 1. The number of methoxy groups -OCH3 is 1. The Morgan fingerprint density at radius 2 is 1.95 bits per heavy atom. The molecule has 1 aliphatic carbocycles. The number of hydrogen-bond donors (Lipinski definition) is 2. The molecule has 1 aromatic rings. The summed E-state index contributed by atoms with van der Waals surface area (Å²) in [5.41, 5.74) is -0.654. The molecule has 0 aliphatic heterocycles. The van der Waals surface area contributed by atoms with Crippen molar-refractivity contribution in [3.8, 4) is 5.75 Å². The van der Waals surface area contributed by atoms with Crippen LogP contribution in [0.3, 0.4) is 0 Å². The highest BCUT2D eigenvalue weighted by molar-refractivity contribution is 6.02. The average molecular weight is 277 g/mol. The lowest BCUT2D eigenvalue weighted by Gasteiger charge is -2.24. The van der Waals surface area contributed by atoms with Crippen molar-refractivity contribution in [1.82, 2.24) is 5.32 Å². The lowest BCUT2D eigenvalue weighted by atomic mass is 9.82. The molecule has 2 N–H and O–H groups in total. The van der Waals surface area contributed by atoms with E-state index in [9.17, 15) is 14.7 Å².